The van der Waals surface area contributed by atoms with Crippen molar-refractivity contribution in [3.8, 4) is 12.3 Å². The molecule has 1 aliphatic rings. The topological polar surface area (TPSA) is 58.4 Å². The van der Waals surface area contributed by atoms with Crippen molar-refractivity contribution in [1.29, 1.82) is 0 Å². The molecule has 4 heteroatoms. The lowest BCUT2D eigenvalue weighted by atomic mass is 9.91. The summed E-state index contributed by atoms with van der Waals surface area (Å²) in [5, 5.41) is 3.02. The van der Waals surface area contributed by atoms with E-state index < -0.39 is 5.54 Å². The Labute approximate surface area is 123 Å². The van der Waals surface area contributed by atoms with Crippen molar-refractivity contribution < 1.29 is 4.79 Å². The molecule has 1 heterocycles. The molecule has 1 unspecified atom stereocenters. The molecule has 1 saturated heterocycles. The van der Waals surface area contributed by atoms with Gasteiger partial charge in [0.15, 0.2) is 0 Å². The quantitative estimate of drug-likeness (QED) is 0.722. The van der Waals surface area contributed by atoms with E-state index in [1.807, 2.05) is 13.8 Å². The Morgan fingerprint density at radius 2 is 2.00 bits per heavy atom. The van der Waals surface area contributed by atoms with Gasteiger partial charge in [-0.3, -0.25) is 9.69 Å². The highest BCUT2D eigenvalue weighted by Crippen LogP contribution is 2.19. The van der Waals surface area contributed by atoms with Gasteiger partial charge >= 0.3 is 0 Å². The summed E-state index contributed by atoms with van der Waals surface area (Å²) in [6, 6.07) is 0.250. The molecular weight excluding hydrogens is 250 g/mol. The predicted octanol–water partition coefficient (Wildman–Crippen LogP) is 1.35. The summed E-state index contributed by atoms with van der Waals surface area (Å²) in [4.78, 5) is 14.3. The Morgan fingerprint density at radius 3 is 2.40 bits per heavy atom. The zero-order valence-electron chi connectivity index (χ0n) is 13.1. The number of carbonyl (C=O) groups is 1. The van der Waals surface area contributed by atoms with E-state index in [9.17, 15) is 4.79 Å². The van der Waals surface area contributed by atoms with E-state index in [-0.39, 0.29) is 11.9 Å². The third kappa shape index (κ3) is 4.50. The minimum atomic E-state index is -0.485. The summed E-state index contributed by atoms with van der Waals surface area (Å²) in [5.74, 6) is 3.36. The van der Waals surface area contributed by atoms with E-state index in [2.05, 4.69) is 23.1 Å². The second kappa shape index (κ2) is 7.66. The van der Waals surface area contributed by atoms with Gasteiger partial charge in [-0.15, -0.1) is 6.42 Å². The number of nitrogens with zero attached hydrogens (tertiary/aromatic N) is 1. The van der Waals surface area contributed by atoms with Gasteiger partial charge in [-0.25, -0.2) is 0 Å². The molecule has 4 nitrogen and oxygen atoms in total. The lowest BCUT2D eigenvalue weighted by molar-refractivity contribution is -0.124. The average molecular weight is 279 g/mol. The molecule has 114 valence electrons. The van der Waals surface area contributed by atoms with Gasteiger partial charge in [0.1, 0.15) is 5.54 Å². The standard InChI is InChI=1S/C16H29N3O/c1-5-16(6-2,7-3)18-15(20)12-19-10-8-14(9-11-19)13(4)17/h1,13-14H,6-12,17H2,2-4H3,(H,18,20). The lowest BCUT2D eigenvalue weighted by Gasteiger charge is -2.34. The van der Waals surface area contributed by atoms with Crippen molar-refractivity contribution in [2.45, 2.75) is 58.0 Å². The van der Waals surface area contributed by atoms with Gasteiger partial charge in [0.25, 0.3) is 0 Å². The summed E-state index contributed by atoms with van der Waals surface area (Å²) in [6.07, 6.45) is 9.25. The Hall–Kier alpha value is -1.05. The maximum Gasteiger partial charge on any atom is 0.235 e. The number of nitrogens with two attached hydrogens (primary N) is 1. The van der Waals surface area contributed by atoms with Crippen LogP contribution in [0.1, 0.15) is 46.5 Å². The highest BCUT2D eigenvalue weighted by atomic mass is 16.2. The van der Waals surface area contributed by atoms with Gasteiger partial charge in [0.2, 0.25) is 5.91 Å². The lowest BCUT2D eigenvalue weighted by Crippen LogP contribution is -2.51. The molecule has 1 rings (SSSR count). The molecule has 0 aromatic carbocycles. The number of likely N-dealkylation sites (tertiary alicyclic amines) is 1. The van der Waals surface area contributed by atoms with Crippen LogP contribution in [0.2, 0.25) is 0 Å². The van der Waals surface area contributed by atoms with Crippen LogP contribution in [0.4, 0.5) is 0 Å². The molecule has 3 N–H and O–H groups in total. The van der Waals surface area contributed by atoms with Gasteiger partial charge in [-0.05, 0) is 51.6 Å². The van der Waals surface area contributed by atoms with Crippen LogP contribution in [0.25, 0.3) is 0 Å². The monoisotopic (exact) mass is 279 g/mol. The van der Waals surface area contributed by atoms with Crippen molar-refractivity contribution in [2.24, 2.45) is 11.7 Å². The first kappa shape index (κ1) is 17.0. The zero-order valence-corrected chi connectivity index (χ0v) is 13.1. The molecule has 0 aromatic heterocycles. The molecular formula is C16H29N3O. The van der Waals surface area contributed by atoms with Crippen molar-refractivity contribution in [1.82, 2.24) is 10.2 Å². The fourth-order valence-electron chi connectivity index (χ4n) is 2.81. The second-order valence-corrected chi connectivity index (χ2v) is 5.95. The fourth-order valence-corrected chi connectivity index (χ4v) is 2.81. The molecule has 1 atom stereocenters. The Bertz CT molecular complexity index is 347. The highest BCUT2D eigenvalue weighted by molar-refractivity contribution is 5.79. The fraction of sp³-hybridized carbons (Fsp3) is 0.812. The summed E-state index contributed by atoms with van der Waals surface area (Å²) in [5.41, 5.74) is 5.45. The van der Waals surface area contributed by atoms with E-state index >= 15 is 0 Å². The number of amides is 1. The summed E-state index contributed by atoms with van der Waals surface area (Å²) < 4.78 is 0. The van der Waals surface area contributed by atoms with Crippen molar-refractivity contribution >= 4 is 5.91 Å². The number of carbonyl (C=O) groups excluding carboxylic acids is 1. The number of rotatable bonds is 6. The normalized spacial score (nSPS) is 19.4. The Balaban J connectivity index is 2.43. The summed E-state index contributed by atoms with van der Waals surface area (Å²) >= 11 is 0. The average Bonchev–Trinajstić information content (AvgIpc) is 2.45. The van der Waals surface area contributed by atoms with Crippen LogP contribution in [0.15, 0.2) is 0 Å². The van der Waals surface area contributed by atoms with Crippen molar-refractivity contribution in [3.05, 3.63) is 0 Å². The van der Waals surface area contributed by atoms with Gasteiger partial charge in [0.05, 0.1) is 6.54 Å². The van der Waals surface area contributed by atoms with Crippen LogP contribution in [0, 0.1) is 18.3 Å². The van der Waals surface area contributed by atoms with E-state index in [0.29, 0.717) is 12.5 Å². The van der Waals surface area contributed by atoms with Crippen LogP contribution >= 0.6 is 0 Å². The van der Waals surface area contributed by atoms with Crippen molar-refractivity contribution in [3.63, 3.8) is 0 Å². The van der Waals surface area contributed by atoms with Crippen LogP contribution in [-0.4, -0.2) is 42.0 Å². The molecule has 1 fully saturated rings. The maximum absolute atomic E-state index is 12.1. The Kier molecular flexibility index (Phi) is 6.51. The molecule has 20 heavy (non-hydrogen) atoms. The van der Waals surface area contributed by atoms with Gasteiger partial charge in [-0.1, -0.05) is 19.8 Å². The predicted molar refractivity (Wildman–Crippen MR) is 83.1 cm³/mol. The van der Waals surface area contributed by atoms with Gasteiger partial charge in [-0.2, -0.15) is 0 Å². The number of hydrogen-bond acceptors (Lipinski definition) is 3. The molecule has 0 radical (unpaired) electrons. The largest absolute Gasteiger partial charge is 0.339 e. The number of piperidine rings is 1. The first-order chi connectivity index (χ1) is 9.46. The van der Waals surface area contributed by atoms with E-state index in [4.69, 9.17) is 12.2 Å². The molecule has 0 aromatic rings. The first-order valence-corrected chi connectivity index (χ1v) is 7.73. The number of hydrogen-bond donors (Lipinski definition) is 2. The van der Waals surface area contributed by atoms with Gasteiger partial charge in [0, 0.05) is 6.04 Å². The summed E-state index contributed by atoms with van der Waals surface area (Å²) in [7, 11) is 0. The smallest absolute Gasteiger partial charge is 0.235 e. The van der Waals surface area contributed by atoms with E-state index in [1.165, 1.54) is 0 Å². The molecule has 1 amide bonds. The van der Waals surface area contributed by atoms with Crippen LogP contribution in [-0.2, 0) is 4.79 Å². The van der Waals surface area contributed by atoms with Crippen LogP contribution < -0.4 is 11.1 Å². The molecule has 0 bridgehead atoms. The van der Waals surface area contributed by atoms with Crippen LogP contribution in [0.3, 0.4) is 0 Å². The minimum absolute atomic E-state index is 0.0332. The zero-order chi connectivity index (χ0) is 15.2. The summed E-state index contributed by atoms with van der Waals surface area (Å²) in [6.45, 7) is 8.42. The second-order valence-electron chi connectivity index (χ2n) is 5.95. The van der Waals surface area contributed by atoms with Crippen molar-refractivity contribution in [2.75, 3.05) is 19.6 Å². The maximum atomic E-state index is 12.1. The molecule has 0 saturated carbocycles. The third-order valence-electron chi connectivity index (χ3n) is 4.61. The van der Waals surface area contributed by atoms with Crippen LogP contribution in [0.5, 0.6) is 0 Å². The first-order valence-electron chi connectivity index (χ1n) is 7.73. The highest BCUT2D eigenvalue weighted by Gasteiger charge is 2.27. The van der Waals surface area contributed by atoms with Gasteiger partial charge < -0.3 is 11.1 Å². The minimum Gasteiger partial charge on any atom is -0.339 e. The van der Waals surface area contributed by atoms with E-state index in [1.54, 1.807) is 0 Å². The molecule has 1 aliphatic heterocycles. The molecule has 0 aliphatic carbocycles. The number of nitrogens with one attached hydrogen (secondary N) is 1. The van der Waals surface area contributed by atoms with E-state index in [0.717, 1.165) is 38.8 Å². The number of terminal acetylenes is 1. The SMILES string of the molecule is C#CC(CC)(CC)NC(=O)CN1CCC(C(C)N)CC1. The molecule has 0 spiro atoms. The Morgan fingerprint density at radius 1 is 1.45 bits per heavy atom. The third-order valence-corrected chi connectivity index (χ3v) is 4.61.